The van der Waals surface area contributed by atoms with Crippen molar-refractivity contribution in [3.05, 3.63) is 0 Å². The van der Waals surface area contributed by atoms with E-state index in [1.54, 1.807) is 0 Å². The first-order valence-electron chi connectivity index (χ1n) is 7.20. The monoisotopic (exact) mass is 242 g/mol. The van der Waals surface area contributed by atoms with Gasteiger partial charge >= 0.3 is 0 Å². The van der Waals surface area contributed by atoms with Gasteiger partial charge in [0, 0.05) is 18.6 Å². The van der Waals surface area contributed by atoms with Gasteiger partial charge in [-0.05, 0) is 46.7 Å². The van der Waals surface area contributed by atoms with E-state index in [1.165, 1.54) is 32.2 Å². The van der Waals surface area contributed by atoms with E-state index in [-0.39, 0.29) is 0 Å². The zero-order valence-corrected chi connectivity index (χ0v) is 12.0. The molecule has 0 saturated carbocycles. The summed E-state index contributed by atoms with van der Waals surface area (Å²) in [6.45, 7) is 9.97. The molecule has 1 aliphatic heterocycles. The highest BCUT2D eigenvalue weighted by molar-refractivity contribution is 4.77. The first kappa shape index (κ1) is 14.9. The predicted octanol–water partition coefficient (Wildman–Crippen LogP) is 2.26. The largest absolute Gasteiger partial charge is 0.376 e. The van der Waals surface area contributed by atoms with E-state index in [4.69, 9.17) is 4.74 Å². The van der Waals surface area contributed by atoms with Gasteiger partial charge in [0.1, 0.15) is 0 Å². The van der Waals surface area contributed by atoms with Crippen LogP contribution in [-0.2, 0) is 4.74 Å². The number of morpholine rings is 1. The molecular weight excluding hydrogens is 212 g/mol. The molecule has 0 spiro atoms. The molecule has 1 rings (SSSR count). The Balaban J connectivity index is 2.19. The van der Waals surface area contributed by atoms with Crippen molar-refractivity contribution >= 4 is 0 Å². The van der Waals surface area contributed by atoms with Gasteiger partial charge in [-0.15, -0.1) is 0 Å². The van der Waals surface area contributed by atoms with Crippen molar-refractivity contribution in [1.82, 2.24) is 10.2 Å². The average Bonchev–Trinajstić information content (AvgIpc) is 2.34. The Morgan fingerprint density at radius 1 is 1.41 bits per heavy atom. The molecule has 102 valence electrons. The smallest absolute Gasteiger partial charge is 0.0674 e. The minimum absolute atomic E-state index is 0.411. The lowest BCUT2D eigenvalue weighted by Crippen LogP contribution is -2.48. The molecule has 1 N–H and O–H groups in total. The topological polar surface area (TPSA) is 24.5 Å². The molecule has 1 fully saturated rings. The number of ether oxygens (including phenoxy) is 1. The van der Waals surface area contributed by atoms with Crippen LogP contribution < -0.4 is 5.32 Å². The minimum Gasteiger partial charge on any atom is -0.376 e. The van der Waals surface area contributed by atoms with Crippen LogP contribution in [0.15, 0.2) is 0 Å². The zero-order chi connectivity index (χ0) is 12.7. The number of hydrogen-bond acceptors (Lipinski definition) is 3. The summed E-state index contributed by atoms with van der Waals surface area (Å²) in [5.41, 5.74) is 0. The van der Waals surface area contributed by atoms with Gasteiger partial charge in [-0.2, -0.15) is 0 Å². The van der Waals surface area contributed by atoms with Gasteiger partial charge in [-0.1, -0.05) is 13.3 Å². The Hall–Kier alpha value is -0.120. The van der Waals surface area contributed by atoms with E-state index in [0.717, 1.165) is 13.2 Å². The van der Waals surface area contributed by atoms with Crippen LogP contribution in [0, 0.1) is 0 Å². The van der Waals surface area contributed by atoms with Gasteiger partial charge in [0.2, 0.25) is 0 Å². The molecule has 0 aromatic heterocycles. The molecule has 0 radical (unpaired) electrons. The summed E-state index contributed by atoms with van der Waals surface area (Å²) >= 11 is 0. The summed E-state index contributed by atoms with van der Waals surface area (Å²) in [4.78, 5) is 2.62. The van der Waals surface area contributed by atoms with E-state index in [1.807, 2.05) is 7.05 Å². The van der Waals surface area contributed by atoms with Gasteiger partial charge in [0.15, 0.2) is 0 Å². The maximum Gasteiger partial charge on any atom is 0.0674 e. The highest BCUT2D eigenvalue weighted by Gasteiger charge is 2.24. The second kappa shape index (κ2) is 8.06. The van der Waals surface area contributed by atoms with Gasteiger partial charge in [0.25, 0.3) is 0 Å². The molecule has 0 bridgehead atoms. The molecule has 3 heteroatoms. The van der Waals surface area contributed by atoms with E-state index < -0.39 is 0 Å². The second-order valence-corrected chi connectivity index (χ2v) is 5.39. The first-order chi connectivity index (χ1) is 8.17. The van der Waals surface area contributed by atoms with Crippen LogP contribution >= 0.6 is 0 Å². The number of nitrogens with zero attached hydrogens (tertiary/aromatic N) is 1. The third-order valence-corrected chi connectivity index (χ3v) is 3.88. The molecule has 3 atom stereocenters. The Bertz CT molecular complexity index is 199. The lowest BCUT2D eigenvalue weighted by molar-refractivity contribution is -0.0561. The van der Waals surface area contributed by atoms with Gasteiger partial charge in [-0.25, -0.2) is 0 Å². The third-order valence-electron chi connectivity index (χ3n) is 3.88. The molecule has 0 aromatic rings. The highest BCUT2D eigenvalue weighted by atomic mass is 16.5. The van der Waals surface area contributed by atoms with E-state index in [9.17, 15) is 0 Å². The maximum atomic E-state index is 5.72. The van der Waals surface area contributed by atoms with E-state index in [0.29, 0.717) is 18.2 Å². The minimum atomic E-state index is 0.411. The maximum absolute atomic E-state index is 5.72. The lowest BCUT2D eigenvalue weighted by Gasteiger charge is -2.38. The van der Waals surface area contributed by atoms with Crippen LogP contribution in [-0.4, -0.2) is 49.8 Å². The van der Waals surface area contributed by atoms with E-state index >= 15 is 0 Å². The molecule has 0 aromatic carbocycles. The van der Waals surface area contributed by atoms with E-state index in [2.05, 4.69) is 31.0 Å². The average molecular weight is 242 g/mol. The summed E-state index contributed by atoms with van der Waals surface area (Å²) in [6, 6.07) is 1.30. The Kier molecular flexibility index (Phi) is 7.09. The molecule has 3 unspecified atom stereocenters. The fourth-order valence-corrected chi connectivity index (χ4v) is 2.47. The Morgan fingerprint density at radius 3 is 2.82 bits per heavy atom. The standard InChI is InChI=1S/C14H30N2O/c1-5-14-11-17-13(3)10-16(14)9-7-6-8-12(2)15-4/h12-15H,5-11H2,1-4H3. The predicted molar refractivity (Wildman–Crippen MR) is 73.4 cm³/mol. The van der Waals surface area contributed by atoms with Crippen LogP contribution in [0.2, 0.25) is 0 Å². The van der Waals surface area contributed by atoms with Gasteiger partial charge < -0.3 is 10.1 Å². The molecular formula is C14H30N2O. The van der Waals surface area contributed by atoms with Gasteiger partial charge in [0.05, 0.1) is 12.7 Å². The van der Waals surface area contributed by atoms with Crippen molar-refractivity contribution in [2.75, 3.05) is 26.7 Å². The molecule has 3 nitrogen and oxygen atoms in total. The number of hydrogen-bond donors (Lipinski definition) is 1. The summed E-state index contributed by atoms with van der Waals surface area (Å²) in [6.07, 6.45) is 5.54. The van der Waals surface area contributed by atoms with Crippen molar-refractivity contribution in [2.24, 2.45) is 0 Å². The van der Waals surface area contributed by atoms with Crippen LogP contribution in [0.5, 0.6) is 0 Å². The Morgan fingerprint density at radius 2 is 2.18 bits per heavy atom. The van der Waals surface area contributed by atoms with Crippen molar-refractivity contribution in [3.8, 4) is 0 Å². The molecule has 1 aliphatic rings. The quantitative estimate of drug-likeness (QED) is 0.693. The van der Waals surface area contributed by atoms with Gasteiger partial charge in [-0.3, -0.25) is 4.90 Å². The summed E-state index contributed by atoms with van der Waals surface area (Å²) in [7, 11) is 2.04. The molecule has 1 heterocycles. The summed E-state index contributed by atoms with van der Waals surface area (Å²) in [5, 5.41) is 3.30. The van der Waals surface area contributed by atoms with Crippen molar-refractivity contribution in [1.29, 1.82) is 0 Å². The van der Waals surface area contributed by atoms with Crippen LogP contribution in [0.4, 0.5) is 0 Å². The normalized spacial score (nSPS) is 28.2. The van der Waals surface area contributed by atoms with Crippen LogP contribution in [0.1, 0.15) is 46.5 Å². The van der Waals surface area contributed by atoms with Crippen LogP contribution in [0.3, 0.4) is 0 Å². The number of rotatable bonds is 7. The SMILES string of the molecule is CCC1COC(C)CN1CCCCC(C)NC. The Labute approximate surface area is 107 Å². The number of nitrogens with one attached hydrogen (secondary N) is 1. The highest BCUT2D eigenvalue weighted by Crippen LogP contribution is 2.15. The molecule has 0 aliphatic carbocycles. The first-order valence-corrected chi connectivity index (χ1v) is 7.20. The molecule has 17 heavy (non-hydrogen) atoms. The fourth-order valence-electron chi connectivity index (χ4n) is 2.47. The molecule has 1 saturated heterocycles. The molecule has 0 amide bonds. The fraction of sp³-hybridized carbons (Fsp3) is 1.00. The lowest BCUT2D eigenvalue weighted by atomic mass is 10.1. The summed E-state index contributed by atoms with van der Waals surface area (Å²) < 4.78 is 5.72. The second-order valence-electron chi connectivity index (χ2n) is 5.39. The van der Waals surface area contributed by atoms with Crippen molar-refractivity contribution in [2.45, 2.75) is 64.6 Å². The third kappa shape index (κ3) is 5.36. The zero-order valence-electron chi connectivity index (χ0n) is 12.0. The number of unbranched alkanes of at least 4 members (excludes halogenated alkanes) is 1. The van der Waals surface area contributed by atoms with Crippen LogP contribution in [0.25, 0.3) is 0 Å². The van der Waals surface area contributed by atoms with Crippen molar-refractivity contribution < 1.29 is 4.74 Å². The summed E-state index contributed by atoms with van der Waals surface area (Å²) in [5.74, 6) is 0. The van der Waals surface area contributed by atoms with Crippen molar-refractivity contribution in [3.63, 3.8) is 0 Å².